The number of benzene rings is 1. The molecule has 2 saturated heterocycles. The van der Waals surface area contributed by atoms with Crippen molar-refractivity contribution < 1.29 is 9.59 Å². The second-order valence-corrected chi connectivity index (χ2v) is 8.17. The molecular formula is C22H34N4O2. The Balaban J connectivity index is 1.40. The highest BCUT2D eigenvalue weighted by molar-refractivity contribution is 5.93. The van der Waals surface area contributed by atoms with Crippen LogP contribution in [0, 0.1) is 5.92 Å². The lowest BCUT2D eigenvalue weighted by molar-refractivity contribution is -0.134. The number of rotatable bonds is 6. The van der Waals surface area contributed by atoms with Gasteiger partial charge in [-0.05, 0) is 49.9 Å². The lowest BCUT2D eigenvalue weighted by Gasteiger charge is -2.36. The first-order valence-corrected chi connectivity index (χ1v) is 10.7. The van der Waals surface area contributed by atoms with E-state index >= 15 is 0 Å². The lowest BCUT2D eigenvalue weighted by atomic mass is 9.99. The average Bonchev–Trinajstić information content (AvgIpc) is 2.70. The normalized spacial score (nSPS) is 19.6. The predicted molar refractivity (Wildman–Crippen MR) is 112 cm³/mol. The second kappa shape index (κ2) is 10.0. The summed E-state index contributed by atoms with van der Waals surface area (Å²) in [4.78, 5) is 31.4. The smallest absolute Gasteiger partial charge is 0.238 e. The van der Waals surface area contributed by atoms with Gasteiger partial charge in [-0.25, -0.2) is 0 Å². The van der Waals surface area contributed by atoms with Gasteiger partial charge in [0, 0.05) is 31.9 Å². The Labute approximate surface area is 168 Å². The molecule has 2 heterocycles. The highest BCUT2D eigenvalue weighted by atomic mass is 16.2. The van der Waals surface area contributed by atoms with Crippen molar-refractivity contribution in [2.75, 3.05) is 57.7 Å². The van der Waals surface area contributed by atoms with Gasteiger partial charge < -0.3 is 10.2 Å². The zero-order chi connectivity index (χ0) is 19.9. The Hall–Kier alpha value is -1.92. The number of carbonyl (C=O) groups excluding carboxylic acids is 2. The minimum atomic E-state index is 0.0168. The molecule has 3 rings (SSSR count). The van der Waals surface area contributed by atoms with Crippen LogP contribution >= 0.6 is 0 Å². The Bertz CT molecular complexity index is 662. The summed E-state index contributed by atoms with van der Waals surface area (Å²) < 4.78 is 0. The summed E-state index contributed by atoms with van der Waals surface area (Å²) in [5, 5.41) is 3.03. The fourth-order valence-electron chi connectivity index (χ4n) is 4.01. The third kappa shape index (κ3) is 5.79. The van der Waals surface area contributed by atoms with Crippen LogP contribution in [0.25, 0.3) is 0 Å². The number of hydrogen-bond acceptors (Lipinski definition) is 4. The number of hydrogen-bond donors (Lipinski definition) is 1. The van der Waals surface area contributed by atoms with Gasteiger partial charge in [0.15, 0.2) is 0 Å². The van der Waals surface area contributed by atoms with E-state index in [1.54, 1.807) is 0 Å². The van der Waals surface area contributed by atoms with Crippen LogP contribution < -0.4 is 5.32 Å². The molecule has 28 heavy (non-hydrogen) atoms. The average molecular weight is 387 g/mol. The fourth-order valence-corrected chi connectivity index (χ4v) is 4.01. The first-order valence-electron chi connectivity index (χ1n) is 10.7. The number of nitrogens with one attached hydrogen (secondary N) is 1. The molecule has 0 radical (unpaired) electrons. The van der Waals surface area contributed by atoms with Gasteiger partial charge in [-0.2, -0.15) is 0 Å². The number of piperidine rings is 1. The Morgan fingerprint density at radius 1 is 0.964 bits per heavy atom. The Morgan fingerprint density at radius 3 is 2.29 bits per heavy atom. The summed E-state index contributed by atoms with van der Waals surface area (Å²) in [6.45, 7) is 10.3. The number of carbonyl (C=O) groups is 2. The van der Waals surface area contributed by atoms with E-state index in [2.05, 4.69) is 29.0 Å². The number of likely N-dealkylation sites (tertiary alicyclic amines) is 1. The monoisotopic (exact) mass is 386 g/mol. The molecule has 1 aromatic rings. The molecule has 0 saturated carbocycles. The molecule has 0 unspecified atom stereocenters. The molecule has 0 atom stereocenters. The molecule has 2 amide bonds. The standard InChI is InChI=1S/C22H34N4O2/c1-3-19-6-4-5-7-20(19)23-21(27)16-25-12-14-26(15-13-25)22(28)17-24-10-8-18(2)9-11-24/h4-7,18H,3,8-17H2,1-2H3,(H,23,27). The number of nitrogens with zero attached hydrogens (tertiary/aromatic N) is 3. The quantitative estimate of drug-likeness (QED) is 0.813. The summed E-state index contributed by atoms with van der Waals surface area (Å²) in [6, 6.07) is 7.94. The summed E-state index contributed by atoms with van der Waals surface area (Å²) in [5.41, 5.74) is 2.05. The van der Waals surface area contributed by atoms with Gasteiger partial charge >= 0.3 is 0 Å². The second-order valence-electron chi connectivity index (χ2n) is 8.17. The summed E-state index contributed by atoms with van der Waals surface area (Å²) in [5.74, 6) is 1.03. The Kier molecular flexibility index (Phi) is 7.45. The van der Waals surface area contributed by atoms with Crippen molar-refractivity contribution in [3.63, 3.8) is 0 Å². The summed E-state index contributed by atoms with van der Waals surface area (Å²) >= 11 is 0. The van der Waals surface area contributed by atoms with E-state index in [0.717, 1.165) is 49.8 Å². The summed E-state index contributed by atoms with van der Waals surface area (Å²) in [6.07, 6.45) is 3.28. The molecule has 2 aliphatic rings. The highest BCUT2D eigenvalue weighted by Gasteiger charge is 2.25. The van der Waals surface area contributed by atoms with Crippen molar-refractivity contribution in [1.82, 2.24) is 14.7 Å². The zero-order valence-electron chi connectivity index (χ0n) is 17.3. The third-order valence-corrected chi connectivity index (χ3v) is 6.00. The molecule has 1 aromatic carbocycles. The van der Waals surface area contributed by atoms with E-state index in [1.807, 2.05) is 29.2 Å². The van der Waals surface area contributed by atoms with Crippen LogP contribution in [0.15, 0.2) is 24.3 Å². The van der Waals surface area contributed by atoms with E-state index in [0.29, 0.717) is 26.2 Å². The SMILES string of the molecule is CCc1ccccc1NC(=O)CN1CCN(C(=O)CN2CCC(C)CC2)CC1. The molecule has 0 aromatic heterocycles. The van der Waals surface area contributed by atoms with Crippen LogP contribution in [-0.4, -0.2) is 78.9 Å². The topological polar surface area (TPSA) is 55.9 Å². The van der Waals surface area contributed by atoms with Crippen LogP contribution in [0.4, 0.5) is 5.69 Å². The van der Waals surface area contributed by atoms with Crippen LogP contribution in [0.2, 0.25) is 0 Å². The zero-order valence-corrected chi connectivity index (χ0v) is 17.3. The van der Waals surface area contributed by atoms with Crippen molar-refractivity contribution in [2.45, 2.75) is 33.1 Å². The third-order valence-electron chi connectivity index (χ3n) is 6.00. The number of amides is 2. The minimum Gasteiger partial charge on any atom is -0.339 e. The first-order chi connectivity index (χ1) is 13.5. The van der Waals surface area contributed by atoms with Gasteiger partial charge in [0.05, 0.1) is 13.1 Å². The van der Waals surface area contributed by atoms with Gasteiger partial charge in [-0.15, -0.1) is 0 Å². The van der Waals surface area contributed by atoms with Gasteiger partial charge in [0.25, 0.3) is 0 Å². The molecule has 0 bridgehead atoms. The van der Waals surface area contributed by atoms with E-state index in [9.17, 15) is 9.59 Å². The van der Waals surface area contributed by atoms with Crippen molar-refractivity contribution in [1.29, 1.82) is 0 Å². The van der Waals surface area contributed by atoms with Gasteiger partial charge in [-0.1, -0.05) is 32.0 Å². The predicted octanol–water partition coefficient (Wildman–Crippen LogP) is 2.06. The van der Waals surface area contributed by atoms with E-state index in [1.165, 1.54) is 12.8 Å². The maximum atomic E-state index is 12.6. The van der Waals surface area contributed by atoms with Crippen LogP contribution in [-0.2, 0) is 16.0 Å². The molecule has 1 N–H and O–H groups in total. The lowest BCUT2D eigenvalue weighted by Crippen LogP contribution is -2.53. The molecule has 2 fully saturated rings. The first kappa shape index (κ1) is 20.8. The highest BCUT2D eigenvalue weighted by Crippen LogP contribution is 2.17. The van der Waals surface area contributed by atoms with Crippen LogP contribution in [0.5, 0.6) is 0 Å². The number of para-hydroxylation sites is 1. The van der Waals surface area contributed by atoms with Gasteiger partial charge in [-0.3, -0.25) is 19.4 Å². The number of aryl methyl sites for hydroxylation is 1. The van der Waals surface area contributed by atoms with Crippen molar-refractivity contribution >= 4 is 17.5 Å². The molecule has 2 aliphatic heterocycles. The molecular weight excluding hydrogens is 352 g/mol. The van der Waals surface area contributed by atoms with Crippen molar-refractivity contribution in [3.8, 4) is 0 Å². The molecule has 0 spiro atoms. The van der Waals surface area contributed by atoms with Crippen molar-refractivity contribution in [3.05, 3.63) is 29.8 Å². The molecule has 154 valence electrons. The number of piperazine rings is 1. The van der Waals surface area contributed by atoms with E-state index in [4.69, 9.17) is 0 Å². The van der Waals surface area contributed by atoms with E-state index in [-0.39, 0.29) is 11.8 Å². The van der Waals surface area contributed by atoms with Gasteiger partial charge in [0.1, 0.15) is 0 Å². The van der Waals surface area contributed by atoms with E-state index < -0.39 is 0 Å². The Morgan fingerprint density at radius 2 is 1.61 bits per heavy atom. The molecule has 6 heteroatoms. The maximum absolute atomic E-state index is 12.6. The maximum Gasteiger partial charge on any atom is 0.238 e. The fraction of sp³-hybridized carbons (Fsp3) is 0.636. The van der Waals surface area contributed by atoms with Gasteiger partial charge in [0.2, 0.25) is 11.8 Å². The number of anilines is 1. The van der Waals surface area contributed by atoms with Crippen LogP contribution in [0.1, 0.15) is 32.3 Å². The minimum absolute atomic E-state index is 0.0168. The largest absolute Gasteiger partial charge is 0.339 e. The summed E-state index contributed by atoms with van der Waals surface area (Å²) in [7, 11) is 0. The molecule has 0 aliphatic carbocycles. The van der Waals surface area contributed by atoms with Crippen molar-refractivity contribution in [2.24, 2.45) is 5.92 Å². The molecule has 6 nitrogen and oxygen atoms in total. The van der Waals surface area contributed by atoms with Crippen LogP contribution in [0.3, 0.4) is 0 Å².